The molecule has 3 atom stereocenters. The highest BCUT2D eigenvalue weighted by molar-refractivity contribution is 5.11. The van der Waals surface area contributed by atoms with E-state index >= 15 is 0 Å². The first-order valence-corrected chi connectivity index (χ1v) is 7.12. The first-order chi connectivity index (χ1) is 8.84. The van der Waals surface area contributed by atoms with Crippen molar-refractivity contribution in [1.29, 1.82) is 0 Å². The van der Waals surface area contributed by atoms with Gasteiger partial charge in [0.1, 0.15) is 6.10 Å². The van der Waals surface area contributed by atoms with Crippen LogP contribution in [0.15, 0.2) is 0 Å². The van der Waals surface area contributed by atoms with Crippen molar-refractivity contribution in [2.24, 2.45) is 11.8 Å². The van der Waals surface area contributed by atoms with Crippen molar-refractivity contribution in [2.75, 3.05) is 13.2 Å². The van der Waals surface area contributed by atoms with E-state index in [9.17, 15) is 0 Å². The minimum Gasteiger partial charge on any atom is -0.370 e. The van der Waals surface area contributed by atoms with Crippen LogP contribution in [-0.4, -0.2) is 27.9 Å². The maximum atomic E-state index is 5.84. The fourth-order valence-electron chi connectivity index (χ4n) is 3.25. The highest BCUT2D eigenvalue weighted by Gasteiger charge is 2.39. The highest BCUT2D eigenvalue weighted by Crippen LogP contribution is 2.42. The molecular formula is C13H20N4O. The van der Waals surface area contributed by atoms with Gasteiger partial charge in [-0.2, -0.15) is 0 Å². The summed E-state index contributed by atoms with van der Waals surface area (Å²) in [7, 11) is 0. The molecule has 1 aromatic rings. The van der Waals surface area contributed by atoms with Gasteiger partial charge in [-0.1, -0.05) is 6.92 Å². The zero-order valence-corrected chi connectivity index (χ0v) is 10.8. The van der Waals surface area contributed by atoms with E-state index in [0.29, 0.717) is 12.0 Å². The molecule has 0 amide bonds. The van der Waals surface area contributed by atoms with Crippen LogP contribution in [0, 0.1) is 11.8 Å². The van der Waals surface area contributed by atoms with Gasteiger partial charge in [-0.15, -0.1) is 10.2 Å². The van der Waals surface area contributed by atoms with Gasteiger partial charge in [0.25, 0.3) is 0 Å². The van der Waals surface area contributed by atoms with Crippen molar-refractivity contribution in [3.8, 4) is 0 Å². The first kappa shape index (κ1) is 10.9. The van der Waals surface area contributed by atoms with Gasteiger partial charge in [-0.25, -0.2) is 0 Å². The predicted molar refractivity (Wildman–Crippen MR) is 66.0 cm³/mol. The summed E-state index contributed by atoms with van der Waals surface area (Å²) in [6.45, 7) is 5.12. The number of rotatable bonds is 2. The van der Waals surface area contributed by atoms with Crippen molar-refractivity contribution in [1.82, 2.24) is 20.1 Å². The summed E-state index contributed by atoms with van der Waals surface area (Å²) in [6.07, 6.45) is 3.95. The van der Waals surface area contributed by atoms with E-state index in [1.54, 1.807) is 0 Å². The molecule has 2 fully saturated rings. The van der Waals surface area contributed by atoms with Crippen molar-refractivity contribution >= 4 is 0 Å². The lowest BCUT2D eigenvalue weighted by molar-refractivity contribution is 0.0830. The maximum Gasteiger partial charge on any atom is 0.162 e. The zero-order chi connectivity index (χ0) is 12.1. The smallest absolute Gasteiger partial charge is 0.162 e. The molecule has 1 aliphatic carbocycles. The quantitative estimate of drug-likeness (QED) is 0.860. The number of ether oxygens (including phenoxy) is 1. The second-order valence-electron chi connectivity index (χ2n) is 5.89. The lowest BCUT2D eigenvalue weighted by atomic mass is 10.0. The molecule has 98 valence electrons. The number of hydrogen-bond acceptors (Lipinski definition) is 4. The largest absolute Gasteiger partial charge is 0.370 e. The monoisotopic (exact) mass is 248 g/mol. The van der Waals surface area contributed by atoms with Crippen LogP contribution in [0.5, 0.6) is 0 Å². The van der Waals surface area contributed by atoms with Crippen LogP contribution in [0.4, 0.5) is 0 Å². The summed E-state index contributed by atoms with van der Waals surface area (Å²) in [4.78, 5) is 0. The number of nitrogens with one attached hydrogen (secondary N) is 1. The molecule has 0 aromatic carbocycles. The first-order valence-electron chi connectivity index (χ1n) is 7.12. The molecular weight excluding hydrogens is 228 g/mol. The van der Waals surface area contributed by atoms with E-state index in [2.05, 4.69) is 27.0 Å². The van der Waals surface area contributed by atoms with Crippen LogP contribution < -0.4 is 5.32 Å². The Kier molecular flexibility index (Phi) is 2.45. The summed E-state index contributed by atoms with van der Waals surface area (Å²) in [5.41, 5.74) is 0. The minimum atomic E-state index is 0.157. The Morgan fingerprint density at radius 3 is 2.78 bits per heavy atom. The Bertz CT molecular complexity index is 454. The van der Waals surface area contributed by atoms with Gasteiger partial charge in [-0.05, 0) is 31.1 Å². The van der Waals surface area contributed by atoms with E-state index in [-0.39, 0.29) is 6.10 Å². The van der Waals surface area contributed by atoms with Gasteiger partial charge >= 0.3 is 0 Å². The summed E-state index contributed by atoms with van der Waals surface area (Å²) in [5.74, 6) is 3.54. The van der Waals surface area contributed by atoms with Crippen LogP contribution >= 0.6 is 0 Å². The summed E-state index contributed by atoms with van der Waals surface area (Å²) in [5, 5.41) is 12.5. The number of fused-ring (bicyclic) bond motifs is 1. The lowest BCUT2D eigenvalue weighted by Crippen LogP contribution is -2.35. The Morgan fingerprint density at radius 2 is 2.06 bits per heavy atom. The molecule has 0 radical (unpaired) electrons. The van der Waals surface area contributed by atoms with Gasteiger partial charge in [-0.3, -0.25) is 0 Å². The van der Waals surface area contributed by atoms with Crippen LogP contribution in [0.2, 0.25) is 0 Å². The van der Waals surface area contributed by atoms with Gasteiger partial charge in [0.05, 0.1) is 6.04 Å². The van der Waals surface area contributed by atoms with Crippen LogP contribution in [0.3, 0.4) is 0 Å². The van der Waals surface area contributed by atoms with E-state index < -0.39 is 0 Å². The third-order valence-corrected chi connectivity index (χ3v) is 4.52. The average Bonchev–Trinajstić information content (AvgIpc) is 3.01. The Morgan fingerprint density at radius 1 is 1.22 bits per heavy atom. The zero-order valence-electron chi connectivity index (χ0n) is 10.8. The predicted octanol–water partition coefficient (Wildman–Crippen LogP) is 1.43. The molecule has 1 aromatic heterocycles. The Labute approximate surface area is 107 Å². The Hall–Kier alpha value is -0.940. The molecule has 5 nitrogen and oxygen atoms in total. The van der Waals surface area contributed by atoms with E-state index in [1.165, 1.54) is 12.8 Å². The second kappa shape index (κ2) is 4.03. The number of nitrogens with zero attached hydrogens (tertiary/aromatic N) is 3. The molecule has 2 aliphatic heterocycles. The van der Waals surface area contributed by atoms with Crippen molar-refractivity contribution in [2.45, 2.75) is 44.9 Å². The Balaban J connectivity index is 1.69. The molecule has 1 saturated carbocycles. The molecule has 18 heavy (non-hydrogen) atoms. The second-order valence-corrected chi connectivity index (χ2v) is 5.89. The topological polar surface area (TPSA) is 52.0 Å². The average molecular weight is 248 g/mol. The van der Waals surface area contributed by atoms with Crippen LogP contribution in [-0.2, 0) is 11.3 Å². The van der Waals surface area contributed by atoms with E-state index in [4.69, 9.17) is 4.74 Å². The van der Waals surface area contributed by atoms with Crippen molar-refractivity contribution in [3.05, 3.63) is 11.6 Å². The molecule has 1 N–H and O–H groups in total. The van der Waals surface area contributed by atoms with Gasteiger partial charge in [0.2, 0.25) is 0 Å². The summed E-state index contributed by atoms with van der Waals surface area (Å²) >= 11 is 0. The lowest BCUT2D eigenvalue weighted by Gasteiger charge is -2.26. The van der Waals surface area contributed by atoms with Crippen molar-refractivity contribution in [3.63, 3.8) is 0 Å². The normalized spacial score (nSPS) is 35.7. The van der Waals surface area contributed by atoms with Crippen LogP contribution in [0.25, 0.3) is 0 Å². The van der Waals surface area contributed by atoms with Crippen LogP contribution in [0.1, 0.15) is 50.0 Å². The SMILES string of the molecule is CC1CCOC1c1nnc2n1CCNC2C1CC1. The van der Waals surface area contributed by atoms with Gasteiger partial charge in [0.15, 0.2) is 11.6 Å². The number of hydrogen-bond donors (Lipinski definition) is 1. The van der Waals surface area contributed by atoms with Gasteiger partial charge < -0.3 is 14.6 Å². The minimum absolute atomic E-state index is 0.157. The molecule has 5 heteroatoms. The fraction of sp³-hybridized carbons (Fsp3) is 0.846. The summed E-state index contributed by atoms with van der Waals surface area (Å²) < 4.78 is 8.15. The molecule has 3 heterocycles. The third-order valence-electron chi connectivity index (χ3n) is 4.52. The molecule has 3 unspecified atom stereocenters. The molecule has 0 bridgehead atoms. The molecule has 3 aliphatic rings. The molecule has 4 rings (SSSR count). The van der Waals surface area contributed by atoms with E-state index in [0.717, 1.165) is 43.7 Å². The summed E-state index contributed by atoms with van der Waals surface area (Å²) in [6, 6.07) is 0.428. The van der Waals surface area contributed by atoms with Gasteiger partial charge in [0, 0.05) is 19.7 Å². The fourth-order valence-corrected chi connectivity index (χ4v) is 3.25. The van der Waals surface area contributed by atoms with E-state index in [1.807, 2.05) is 0 Å². The molecule has 0 spiro atoms. The highest BCUT2D eigenvalue weighted by atomic mass is 16.5. The molecule has 1 saturated heterocycles. The maximum absolute atomic E-state index is 5.84. The van der Waals surface area contributed by atoms with Crippen molar-refractivity contribution < 1.29 is 4.74 Å². The number of aromatic nitrogens is 3. The standard InChI is InChI=1S/C13H20N4O/c1-8-4-7-18-11(8)13-16-15-12-10(9-2-3-9)14-5-6-17(12)13/h8-11,14H,2-7H2,1H3. The third kappa shape index (κ3) is 1.61.